The number of nitrogens with zero attached hydrogens (tertiary/aromatic N) is 3. The average molecular weight is 373 g/mol. The van der Waals surface area contributed by atoms with Gasteiger partial charge in [0.2, 0.25) is 0 Å². The summed E-state index contributed by atoms with van der Waals surface area (Å²) < 4.78 is 14.9. The van der Waals surface area contributed by atoms with Crippen LogP contribution in [0.1, 0.15) is 25.7 Å². The summed E-state index contributed by atoms with van der Waals surface area (Å²) in [5, 5.41) is 5.83. The lowest BCUT2D eigenvalue weighted by atomic mass is 9.70. The Labute approximate surface area is 158 Å². The van der Waals surface area contributed by atoms with E-state index >= 15 is 0 Å². The first kappa shape index (κ1) is 16.6. The zero-order valence-corrected chi connectivity index (χ0v) is 16.0. The van der Waals surface area contributed by atoms with Gasteiger partial charge < -0.3 is 15.1 Å². The molecule has 1 N–H and O–H groups in total. The van der Waals surface area contributed by atoms with Gasteiger partial charge in [-0.3, -0.25) is 4.99 Å². The molecule has 2 fully saturated rings. The Morgan fingerprint density at radius 2 is 1.96 bits per heavy atom. The zero-order chi connectivity index (χ0) is 17.8. The molecule has 26 heavy (non-hydrogen) atoms. The van der Waals surface area contributed by atoms with Crippen LogP contribution >= 0.6 is 11.8 Å². The largest absolute Gasteiger partial charge is 0.367 e. The number of fused-ring (bicyclic) bond motifs is 1. The Kier molecular flexibility index (Phi) is 3.83. The highest BCUT2D eigenvalue weighted by Crippen LogP contribution is 2.59. The number of benzene rings is 1. The standard InChI is InChI=1S/C20H25FN4S/c1-24-9-11-25(12-10-24)16-5-4-15(21)17-18(16)22-14-19-6-2-3-7-20(19,23-17)26-13-8-19/h4-5,8,13-14,23H,2-3,6-7,9-12H2,1H3. The highest BCUT2D eigenvalue weighted by atomic mass is 32.2. The Morgan fingerprint density at radius 3 is 2.81 bits per heavy atom. The molecule has 0 radical (unpaired) electrons. The van der Waals surface area contributed by atoms with Crippen molar-refractivity contribution in [2.24, 2.45) is 10.4 Å². The molecule has 0 spiro atoms. The van der Waals surface area contributed by atoms with Gasteiger partial charge in [0.1, 0.15) is 16.4 Å². The third kappa shape index (κ3) is 2.34. The molecule has 0 bridgehead atoms. The first-order valence-electron chi connectivity index (χ1n) is 9.57. The van der Waals surface area contributed by atoms with Gasteiger partial charge in [-0.05, 0) is 37.4 Å². The molecule has 2 unspecified atom stereocenters. The number of anilines is 2. The summed E-state index contributed by atoms with van der Waals surface area (Å²) in [4.78, 5) is 9.39. The van der Waals surface area contributed by atoms with Gasteiger partial charge in [-0.25, -0.2) is 4.39 Å². The summed E-state index contributed by atoms with van der Waals surface area (Å²) in [6, 6.07) is 3.51. The third-order valence-corrected chi connectivity index (χ3v) is 7.82. The van der Waals surface area contributed by atoms with Crippen LogP contribution in [0.5, 0.6) is 0 Å². The molecule has 6 heteroatoms. The second kappa shape index (κ2) is 5.99. The average Bonchev–Trinajstić information content (AvgIpc) is 2.95. The molecule has 1 aromatic carbocycles. The van der Waals surface area contributed by atoms with E-state index in [1.807, 2.05) is 6.07 Å². The van der Waals surface area contributed by atoms with Crippen LogP contribution in [0.4, 0.5) is 21.5 Å². The van der Waals surface area contributed by atoms with Gasteiger partial charge >= 0.3 is 0 Å². The van der Waals surface area contributed by atoms with Crippen molar-refractivity contribution in [3.8, 4) is 0 Å². The predicted octanol–water partition coefficient (Wildman–Crippen LogP) is 4.22. The summed E-state index contributed by atoms with van der Waals surface area (Å²) in [5.74, 6) is -0.196. The Morgan fingerprint density at radius 1 is 1.15 bits per heavy atom. The minimum Gasteiger partial charge on any atom is -0.367 e. The molecule has 1 saturated carbocycles. The third-order valence-electron chi connectivity index (χ3n) is 6.46. The number of hydrogen-bond acceptors (Lipinski definition) is 5. The lowest BCUT2D eigenvalue weighted by Gasteiger charge is -2.46. The van der Waals surface area contributed by atoms with Gasteiger partial charge in [-0.2, -0.15) is 0 Å². The maximum atomic E-state index is 14.9. The van der Waals surface area contributed by atoms with Crippen molar-refractivity contribution in [3.05, 3.63) is 29.4 Å². The van der Waals surface area contributed by atoms with Gasteiger partial charge in [0.15, 0.2) is 0 Å². The fraction of sp³-hybridized carbons (Fsp3) is 0.550. The summed E-state index contributed by atoms with van der Waals surface area (Å²) >= 11 is 1.81. The van der Waals surface area contributed by atoms with E-state index in [2.05, 4.69) is 39.9 Å². The number of nitrogens with one attached hydrogen (secondary N) is 1. The number of aliphatic imine (C=N–C) groups is 1. The lowest BCUT2D eigenvalue weighted by molar-refractivity contribution is 0.300. The monoisotopic (exact) mass is 372 g/mol. The van der Waals surface area contributed by atoms with Crippen LogP contribution in [0, 0.1) is 11.2 Å². The van der Waals surface area contributed by atoms with Crippen LogP contribution in [0.15, 0.2) is 28.6 Å². The van der Waals surface area contributed by atoms with Crippen LogP contribution in [-0.2, 0) is 0 Å². The van der Waals surface area contributed by atoms with Gasteiger partial charge in [0.25, 0.3) is 0 Å². The van der Waals surface area contributed by atoms with E-state index in [9.17, 15) is 4.39 Å². The highest BCUT2D eigenvalue weighted by molar-refractivity contribution is 8.03. The van der Waals surface area contributed by atoms with Crippen LogP contribution < -0.4 is 10.2 Å². The topological polar surface area (TPSA) is 30.9 Å². The number of hydrogen-bond donors (Lipinski definition) is 1. The molecule has 1 aliphatic carbocycles. The fourth-order valence-electron chi connectivity index (χ4n) is 4.79. The molecule has 0 aromatic heterocycles. The van der Waals surface area contributed by atoms with E-state index in [1.165, 1.54) is 12.8 Å². The summed E-state index contributed by atoms with van der Waals surface area (Å²) in [6.45, 7) is 3.95. The molecule has 2 atom stereocenters. The van der Waals surface area contributed by atoms with E-state index in [0.29, 0.717) is 5.69 Å². The number of halogens is 1. The normalized spacial score (nSPS) is 33.2. The van der Waals surface area contributed by atoms with Crippen LogP contribution in [-0.4, -0.2) is 49.2 Å². The maximum Gasteiger partial charge on any atom is 0.148 e. The second-order valence-electron chi connectivity index (χ2n) is 7.96. The van der Waals surface area contributed by atoms with Gasteiger partial charge in [0.05, 0.1) is 16.8 Å². The molecule has 3 heterocycles. The van der Waals surface area contributed by atoms with Gasteiger partial charge in [-0.1, -0.05) is 18.9 Å². The van der Waals surface area contributed by atoms with Gasteiger partial charge in [0, 0.05) is 32.4 Å². The number of likely N-dealkylation sites (N-methyl/N-ethyl adjacent to an activating group) is 1. The fourth-order valence-corrected chi connectivity index (χ4v) is 6.20. The highest BCUT2D eigenvalue weighted by Gasteiger charge is 2.55. The number of thioether (sulfide) groups is 1. The van der Waals surface area contributed by atoms with Crippen molar-refractivity contribution in [3.63, 3.8) is 0 Å². The first-order chi connectivity index (χ1) is 12.6. The molecule has 4 nitrogen and oxygen atoms in total. The molecule has 4 aliphatic rings. The first-order valence-corrected chi connectivity index (χ1v) is 10.5. The molecule has 138 valence electrons. The summed E-state index contributed by atoms with van der Waals surface area (Å²) in [7, 11) is 2.15. The molecular formula is C20H25FN4S. The molecule has 1 saturated heterocycles. The van der Waals surface area contributed by atoms with Crippen molar-refractivity contribution in [1.29, 1.82) is 0 Å². The molecule has 0 amide bonds. The summed E-state index contributed by atoms with van der Waals surface area (Å²) in [5.41, 5.74) is 2.30. The smallest absolute Gasteiger partial charge is 0.148 e. The van der Waals surface area contributed by atoms with Crippen molar-refractivity contribution in [1.82, 2.24) is 4.90 Å². The minimum absolute atomic E-state index is 0.110. The van der Waals surface area contributed by atoms with Crippen molar-refractivity contribution < 1.29 is 4.39 Å². The van der Waals surface area contributed by atoms with Crippen LogP contribution in [0.25, 0.3) is 0 Å². The quantitative estimate of drug-likeness (QED) is 0.800. The van der Waals surface area contributed by atoms with Gasteiger partial charge in [-0.15, -0.1) is 11.8 Å². The summed E-state index contributed by atoms with van der Waals surface area (Å²) in [6.07, 6.45) is 8.88. The predicted molar refractivity (Wildman–Crippen MR) is 108 cm³/mol. The van der Waals surface area contributed by atoms with E-state index in [-0.39, 0.29) is 16.1 Å². The second-order valence-corrected chi connectivity index (χ2v) is 9.16. The number of piperazine rings is 1. The minimum atomic E-state index is -0.196. The van der Waals surface area contributed by atoms with E-state index in [1.54, 1.807) is 17.8 Å². The Bertz CT molecular complexity index is 786. The Hall–Kier alpha value is -1.53. The van der Waals surface area contributed by atoms with E-state index in [4.69, 9.17) is 4.99 Å². The van der Waals surface area contributed by atoms with E-state index in [0.717, 1.165) is 50.4 Å². The van der Waals surface area contributed by atoms with Crippen LogP contribution in [0.2, 0.25) is 0 Å². The molecular weight excluding hydrogens is 347 g/mol. The van der Waals surface area contributed by atoms with E-state index < -0.39 is 0 Å². The zero-order valence-electron chi connectivity index (χ0n) is 15.2. The SMILES string of the molecule is CN1CCN(c2ccc(F)c3c2N=CC24C=CSC2(CCCC4)N3)CC1. The van der Waals surface area contributed by atoms with Crippen molar-refractivity contribution >= 4 is 35.0 Å². The molecule has 5 rings (SSSR count). The van der Waals surface area contributed by atoms with Crippen molar-refractivity contribution in [2.45, 2.75) is 30.6 Å². The molecule has 3 aliphatic heterocycles. The number of rotatable bonds is 1. The maximum absolute atomic E-state index is 14.9. The van der Waals surface area contributed by atoms with Crippen LogP contribution in [0.3, 0.4) is 0 Å². The lowest BCUT2D eigenvalue weighted by Crippen LogP contribution is -2.51. The Balaban J connectivity index is 1.61. The van der Waals surface area contributed by atoms with Crippen molar-refractivity contribution in [2.75, 3.05) is 43.4 Å². The molecule has 1 aromatic rings.